The molecule has 1 amide bonds. The molecule has 9 heteroatoms. The molecule has 0 aliphatic carbocycles. The molecule has 0 aliphatic rings. The molecule has 0 saturated heterocycles. The monoisotopic (exact) mass is 416 g/mol. The topological polar surface area (TPSA) is 78.3 Å². The molecule has 0 radical (unpaired) electrons. The van der Waals surface area contributed by atoms with Crippen LogP contribution in [0.3, 0.4) is 0 Å². The highest BCUT2D eigenvalue weighted by Crippen LogP contribution is 2.27. The number of ether oxygens (including phenoxy) is 2. The summed E-state index contributed by atoms with van der Waals surface area (Å²) < 4.78 is 26.2. The summed E-state index contributed by atoms with van der Waals surface area (Å²) in [7, 11) is 1.58. The van der Waals surface area contributed by atoms with E-state index in [2.05, 4.69) is 15.5 Å². The van der Waals surface area contributed by atoms with Gasteiger partial charge in [0.1, 0.15) is 12.4 Å². The number of thioether (sulfide) groups is 1. The predicted molar refractivity (Wildman–Crippen MR) is 109 cm³/mol. The first-order valence-corrected chi connectivity index (χ1v) is 9.95. The number of para-hydroxylation sites is 2. The molecule has 7 nitrogen and oxygen atoms in total. The van der Waals surface area contributed by atoms with Gasteiger partial charge in [-0.05, 0) is 37.3 Å². The van der Waals surface area contributed by atoms with Gasteiger partial charge < -0.3 is 19.4 Å². The summed E-state index contributed by atoms with van der Waals surface area (Å²) in [6.45, 7) is 2.82. The van der Waals surface area contributed by atoms with E-state index in [0.29, 0.717) is 34.7 Å². The van der Waals surface area contributed by atoms with Crippen molar-refractivity contribution in [1.29, 1.82) is 0 Å². The van der Waals surface area contributed by atoms with E-state index in [9.17, 15) is 9.18 Å². The summed E-state index contributed by atoms with van der Waals surface area (Å²) in [4.78, 5) is 12.1. The number of hydrogen-bond donors (Lipinski definition) is 1. The third-order valence-electron chi connectivity index (χ3n) is 3.98. The van der Waals surface area contributed by atoms with Gasteiger partial charge in [0.25, 0.3) is 0 Å². The minimum Gasteiger partial charge on any atom is -0.493 e. The zero-order valence-corrected chi connectivity index (χ0v) is 16.9. The maximum absolute atomic E-state index is 13.2. The molecule has 0 bridgehead atoms. The summed E-state index contributed by atoms with van der Waals surface area (Å²) in [5, 5.41) is 11.6. The van der Waals surface area contributed by atoms with Crippen molar-refractivity contribution in [3.8, 4) is 11.5 Å². The normalized spacial score (nSPS) is 10.6. The number of halogens is 1. The lowest BCUT2D eigenvalue weighted by Gasteiger charge is -2.11. The molecule has 29 heavy (non-hydrogen) atoms. The molecular formula is C20H21FN4O3S. The number of carbonyl (C=O) groups is 1. The fraction of sp³-hybridized carbons (Fsp3) is 0.250. The van der Waals surface area contributed by atoms with Crippen molar-refractivity contribution in [2.45, 2.75) is 25.2 Å². The number of hydrogen-bond acceptors (Lipinski definition) is 6. The zero-order chi connectivity index (χ0) is 20.6. The molecule has 1 N–H and O–H groups in total. The van der Waals surface area contributed by atoms with Crippen molar-refractivity contribution in [2.75, 3.05) is 18.2 Å². The van der Waals surface area contributed by atoms with Gasteiger partial charge in [0.05, 0.1) is 12.9 Å². The molecule has 0 unspecified atom stereocenters. The van der Waals surface area contributed by atoms with Crippen molar-refractivity contribution in [1.82, 2.24) is 14.8 Å². The van der Waals surface area contributed by atoms with Crippen LogP contribution in [-0.4, -0.2) is 33.5 Å². The largest absolute Gasteiger partial charge is 0.493 e. The number of methoxy groups -OCH3 is 1. The van der Waals surface area contributed by atoms with Crippen LogP contribution in [0.15, 0.2) is 53.7 Å². The van der Waals surface area contributed by atoms with E-state index in [4.69, 9.17) is 9.47 Å². The number of benzene rings is 2. The van der Waals surface area contributed by atoms with Gasteiger partial charge in [-0.3, -0.25) is 4.79 Å². The highest BCUT2D eigenvalue weighted by Gasteiger charge is 2.14. The summed E-state index contributed by atoms with van der Waals surface area (Å²) in [6, 6.07) is 13.1. The number of carbonyl (C=O) groups excluding carboxylic acids is 1. The second-order valence-electron chi connectivity index (χ2n) is 5.93. The van der Waals surface area contributed by atoms with E-state index < -0.39 is 5.82 Å². The van der Waals surface area contributed by atoms with Crippen molar-refractivity contribution in [2.24, 2.45) is 0 Å². The van der Waals surface area contributed by atoms with Gasteiger partial charge in [-0.1, -0.05) is 30.0 Å². The predicted octanol–water partition coefficient (Wildman–Crippen LogP) is 3.76. The van der Waals surface area contributed by atoms with Gasteiger partial charge in [0, 0.05) is 12.2 Å². The van der Waals surface area contributed by atoms with Gasteiger partial charge in [0.2, 0.25) is 5.91 Å². The molecule has 3 aromatic rings. The van der Waals surface area contributed by atoms with E-state index in [-0.39, 0.29) is 18.3 Å². The van der Waals surface area contributed by atoms with E-state index in [0.717, 1.165) is 0 Å². The zero-order valence-electron chi connectivity index (χ0n) is 16.1. The molecule has 152 valence electrons. The minimum absolute atomic E-state index is 0.127. The Morgan fingerprint density at radius 1 is 1.17 bits per heavy atom. The standard InChI is InChI=1S/C20H21FN4O3S/c1-3-25-18(12-28-17-10-5-4-9-16(17)27-2)23-24-20(25)29-13-19(26)22-15-8-6-7-14(21)11-15/h4-11H,3,12-13H2,1-2H3,(H,22,26). The van der Waals surface area contributed by atoms with Crippen LogP contribution < -0.4 is 14.8 Å². The Morgan fingerprint density at radius 3 is 2.69 bits per heavy atom. The van der Waals surface area contributed by atoms with Crippen LogP contribution in [0, 0.1) is 5.82 Å². The van der Waals surface area contributed by atoms with Crippen LogP contribution in [0.5, 0.6) is 11.5 Å². The lowest BCUT2D eigenvalue weighted by molar-refractivity contribution is -0.113. The van der Waals surface area contributed by atoms with Gasteiger partial charge in [-0.2, -0.15) is 0 Å². The molecule has 0 aliphatic heterocycles. The quantitative estimate of drug-likeness (QED) is 0.535. The Labute approximate surface area is 172 Å². The maximum atomic E-state index is 13.2. The molecule has 0 atom stereocenters. The Morgan fingerprint density at radius 2 is 1.97 bits per heavy atom. The molecular weight excluding hydrogens is 395 g/mol. The Bertz CT molecular complexity index is 980. The summed E-state index contributed by atoms with van der Waals surface area (Å²) in [6.07, 6.45) is 0. The third kappa shape index (κ3) is 5.47. The highest BCUT2D eigenvalue weighted by molar-refractivity contribution is 7.99. The van der Waals surface area contributed by atoms with E-state index >= 15 is 0 Å². The molecule has 0 saturated carbocycles. The lowest BCUT2D eigenvalue weighted by atomic mass is 10.3. The minimum atomic E-state index is -0.402. The van der Waals surface area contributed by atoms with Gasteiger partial charge in [-0.15, -0.1) is 10.2 Å². The average Bonchev–Trinajstić information content (AvgIpc) is 3.12. The van der Waals surface area contributed by atoms with E-state index in [1.807, 2.05) is 35.8 Å². The molecule has 1 heterocycles. The van der Waals surface area contributed by atoms with Crippen LogP contribution in [0.2, 0.25) is 0 Å². The average molecular weight is 416 g/mol. The highest BCUT2D eigenvalue weighted by atomic mass is 32.2. The Kier molecular flexibility index (Phi) is 7.07. The summed E-state index contributed by atoms with van der Waals surface area (Å²) in [5.74, 6) is 1.37. The number of aromatic nitrogens is 3. The summed E-state index contributed by atoms with van der Waals surface area (Å²) in [5.41, 5.74) is 0.415. The summed E-state index contributed by atoms with van der Waals surface area (Å²) >= 11 is 1.26. The van der Waals surface area contributed by atoms with Gasteiger partial charge in [0.15, 0.2) is 22.5 Å². The van der Waals surface area contributed by atoms with Crippen LogP contribution in [-0.2, 0) is 17.9 Å². The second kappa shape index (κ2) is 9.92. The first-order chi connectivity index (χ1) is 14.1. The van der Waals surface area contributed by atoms with Crippen molar-refractivity contribution >= 4 is 23.4 Å². The fourth-order valence-corrected chi connectivity index (χ4v) is 3.45. The SMILES string of the molecule is CCn1c(COc2ccccc2OC)nnc1SCC(=O)Nc1cccc(F)c1. The maximum Gasteiger partial charge on any atom is 0.234 e. The molecule has 1 aromatic heterocycles. The third-order valence-corrected chi connectivity index (χ3v) is 4.94. The van der Waals surface area contributed by atoms with E-state index in [1.54, 1.807) is 19.2 Å². The van der Waals surface area contributed by atoms with Crippen molar-refractivity contribution in [3.63, 3.8) is 0 Å². The number of anilines is 1. The van der Waals surface area contributed by atoms with Crippen LogP contribution in [0.4, 0.5) is 10.1 Å². The number of nitrogens with one attached hydrogen (secondary N) is 1. The lowest BCUT2D eigenvalue weighted by Crippen LogP contribution is -2.15. The van der Waals surface area contributed by atoms with Crippen LogP contribution >= 0.6 is 11.8 Å². The second-order valence-corrected chi connectivity index (χ2v) is 6.87. The van der Waals surface area contributed by atoms with Crippen LogP contribution in [0.25, 0.3) is 0 Å². The molecule has 3 rings (SSSR count). The number of amides is 1. The fourth-order valence-electron chi connectivity index (χ4n) is 2.62. The number of rotatable bonds is 9. The van der Waals surface area contributed by atoms with Crippen molar-refractivity contribution in [3.05, 3.63) is 60.2 Å². The molecule has 0 spiro atoms. The molecule has 2 aromatic carbocycles. The first kappa shape index (κ1) is 20.7. The van der Waals surface area contributed by atoms with Gasteiger partial charge >= 0.3 is 0 Å². The van der Waals surface area contributed by atoms with E-state index in [1.165, 1.54) is 23.9 Å². The smallest absolute Gasteiger partial charge is 0.234 e. The number of nitrogens with zero attached hydrogens (tertiary/aromatic N) is 3. The van der Waals surface area contributed by atoms with Gasteiger partial charge in [-0.25, -0.2) is 4.39 Å². The van der Waals surface area contributed by atoms with Crippen LogP contribution in [0.1, 0.15) is 12.7 Å². The Balaban J connectivity index is 1.59. The first-order valence-electron chi connectivity index (χ1n) is 8.96. The molecule has 0 fully saturated rings. The van der Waals surface area contributed by atoms with Crippen molar-refractivity contribution < 1.29 is 18.7 Å². The Hall–Kier alpha value is -3.07.